The standard InChI is InChI=1S/C24H23N5O2S/c1-16-9-10-20(31-3)19(15-16)26-23(30)21(17-7-5-4-6-8-17)32-24-28-27-22(29(24)2)18-11-13-25-14-12-18/h4-15,21H,1-3H3,(H,26,30). The van der Waals surface area contributed by atoms with Gasteiger partial charge in [-0.15, -0.1) is 10.2 Å². The number of pyridine rings is 1. The molecule has 0 aliphatic carbocycles. The molecule has 7 nitrogen and oxygen atoms in total. The molecule has 0 saturated heterocycles. The van der Waals surface area contributed by atoms with Crippen LogP contribution >= 0.6 is 11.8 Å². The first-order chi connectivity index (χ1) is 15.6. The normalized spacial score (nSPS) is 11.7. The smallest absolute Gasteiger partial charge is 0.242 e. The van der Waals surface area contributed by atoms with E-state index in [4.69, 9.17) is 4.74 Å². The molecular formula is C24H23N5O2S. The van der Waals surface area contributed by atoms with Crippen molar-refractivity contribution in [3.63, 3.8) is 0 Å². The quantitative estimate of drug-likeness (QED) is 0.417. The highest BCUT2D eigenvalue weighted by Gasteiger charge is 2.26. The number of nitrogens with one attached hydrogen (secondary N) is 1. The number of nitrogens with zero attached hydrogens (tertiary/aromatic N) is 4. The predicted octanol–water partition coefficient (Wildman–Crippen LogP) is 4.67. The molecular weight excluding hydrogens is 422 g/mol. The van der Waals surface area contributed by atoms with Gasteiger partial charge in [-0.25, -0.2) is 0 Å². The lowest BCUT2D eigenvalue weighted by Gasteiger charge is -2.18. The summed E-state index contributed by atoms with van der Waals surface area (Å²) in [6.07, 6.45) is 3.43. The van der Waals surface area contributed by atoms with Crippen LogP contribution in [0.2, 0.25) is 0 Å². The lowest BCUT2D eigenvalue weighted by atomic mass is 10.1. The molecule has 0 saturated carbocycles. The Bertz CT molecular complexity index is 1210. The van der Waals surface area contributed by atoms with Gasteiger partial charge in [0, 0.05) is 25.0 Å². The Hall–Kier alpha value is -3.65. The highest BCUT2D eigenvalue weighted by Crippen LogP contribution is 2.37. The van der Waals surface area contributed by atoms with Crippen LogP contribution in [-0.4, -0.2) is 32.8 Å². The van der Waals surface area contributed by atoms with Crippen LogP contribution in [0.5, 0.6) is 5.75 Å². The van der Waals surface area contributed by atoms with Crippen LogP contribution in [0.1, 0.15) is 16.4 Å². The van der Waals surface area contributed by atoms with Gasteiger partial charge < -0.3 is 14.6 Å². The molecule has 0 aliphatic rings. The first kappa shape index (κ1) is 21.6. The van der Waals surface area contributed by atoms with Crippen molar-refractivity contribution in [2.75, 3.05) is 12.4 Å². The molecule has 4 rings (SSSR count). The van der Waals surface area contributed by atoms with Gasteiger partial charge in [0.05, 0.1) is 12.8 Å². The second-order valence-electron chi connectivity index (χ2n) is 7.20. The minimum atomic E-state index is -0.533. The maximum absolute atomic E-state index is 13.4. The monoisotopic (exact) mass is 445 g/mol. The van der Waals surface area contributed by atoms with E-state index in [1.165, 1.54) is 11.8 Å². The summed E-state index contributed by atoms with van der Waals surface area (Å²) in [5, 5.41) is 11.8. The van der Waals surface area contributed by atoms with Gasteiger partial charge in [0.15, 0.2) is 11.0 Å². The molecule has 162 valence electrons. The molecule has 8 heteroatoms. The summed E-state index contributed by atoms with van der Waals surface area (Å²) in [7, 11) is 3.48. The molecule has 1 amide bonds. The Morgan fingerprint density at radius 2 is 1.81 bits per heavy atom. The van der Waals surface area contributed by atoms with Crippen molar-refractivity contribution in [3.05, 3.63) is 84.2 Å². The molecule has 4 aromatic rings. The van der Waals surface area contributed by atoms with Crippen LogP contribution in [0.3, 0.4) is 0 Å². The summed E-state index contributed by atoms with van der Waals surface area (Å²) >= 11 is 1.35. The van der Waals surface area contributed by atoms with E-state index in [0.717, 1.165) is 16.7 Å². The number of methoxy groups -OCH3 is 1. The third kappa shape index (κ3) is 4.65. The van der Waals surface area contributed by atoms with Crippen molar-refractivity contribution in [1.29, 1.82) is 0 Å². The summed E-state index contributed by atoms with van der Waals surface area (Å²) in [4.78, 5) is 17.5. The lowest BCUT2D eigenvalue weighted by Crippen LogP contribution is -2.20. The zero-order valence-corrected chi connectivity index (χ0v) is 18.8. The number of aryl methyl sites for hydroxylation is 1. The molecule has 2 aromatic carbocycles. The fraction of sp³-hybridized carbons (Fsp3) is 0.167. The zero-order valence-electron chi connectivity index (χ0n) is 18.0. The van der Waals surface area contributed by atoms with Crippen LogP contribution in [-0.2, 0) is 11.8 Å². The van der Waals surface area contributed by atoms with E-state index in [2.05, 4.69) is 20.5 Å². The second kappa shape index (κ2) is 9.65. The average Bonchev–Trinajstić information content (AvgIpc) is 3.18. The summed E-state index contributed by atoms with van der Waals surface area (Å²) < 4.78 is 7.31. The number of thioether (sulfide) groups is 1. The molecule has 1 atom stereocenters. The van der Waals surface area contributed by atoms with Gasteiger partial charge in [-0.3, -0.25) is 9.78 Å². The number of aromatic nitrogens is 4. The van der Waals surface area contributed by atoms with Crippen LogP contribution in [0, 0.1) is 6.92 Å². The Kier molecular flexibility index (Phi) is 6.51. The molecule has 1 unspecified atom stereocenters. The molecule has 2 aromatic heterocycles. The van der Waals surface area contributed by atoms with Crippen molar-refractivity contribution in [1.82, 2.24) is 19.7 Å². The van der Waals surface area contributed by atoms with E-state index < -0.39 is 5.25 Å². The number of hydrogen-bond donors (Lipinski definition) is 1. The number of anilines is 1. The second-order valence-corrected chi connectivity index (χ2v) is 8.27. The summed E-state index contributed by atoms with van der Waals surface area (Å²) in [5.41, 5.74) is 3.44. The van der Waals surface area contributed by atoms with Gasteiger partial charge in [0.25, 0.3) is 0 Å². The number of rotatable bonds is 7. The number of hydrogen-bond acceptors (Lipinski definition) is 6. The van der Waals surface area contributed by atoms with Gasteiger partial charge in [0.2, 0.25) is 5.91 Å². The molecule has 0 aliphatic heterocycles. The van der Waals surface area contributed by atoms with Crippen LogP contribution in [0.25, 0.3) is 11.4 Å². The van der Waals surface area contributed by atoms with Crippen molar-refractivity contribution >= 4 is 23.4 Å². The Morgan fingerprint density at radius 3 is 2.53 bits per heavy atom. The van der Waals surface area contributed by atoms with E-state index >= 15 is 0 Å². The summed E-state index contributed by atoms with van der Waals surface area (Å²) in [5.74, 6) is 1.15. The van der Waals surface area contributed by atoms with Crippen molar-refractivity contribution < 1.29 is 9.53 Å². The molecule has 2 heterocycles. The van der Waals surface area contributed by atoms with Gasteiger partial charge >= 0.3 is 0 Å². The molecule has 0 fully saturated rings. The molecule has 1 N–H and O–H groups in total. The van der Waals surface area contributed by atoms with E-state index in [-0.39, 0.29) is 5.91 Å². The van der Waals surface area contributed by atoms with E-state index in [9.17, 15) is 4.79 Å². The fourth-order valence-electron chi connectivity index (χ4n) is 3.29. The SMILES string of the molecule is COc1ccc(C)cc1NC(=O)C(Sc1nnc(-c2ccncc2)n1C)c1ccccc1. The van der Waals surface area contributed by atoms with Gasteiger partial charge in [-0.05, 0) is 42.3 Å². The first-order valence-corrected chi connectivity index (χ1v) is 10.9. The number of amides is 1. The van der Waals surface area contributed by atoms with Gasteiger partial charge in [-0.1, -0.05) is 48.2 Å². The third-order valence-corrected chi connectivity index (χ3v) is 6.24. The lowest BCUT2D eigenvalue weighted by molar-refractivity contribution is -0.115. The van der Waals surface area contributed by atoms with Crippen LogP contribution in [0.15, 0.2) is 78.2 Å². The Labute approximate surface area is 190 Å². The predicted molar refractivity (Wildman–Crippen MR) is 126 cm³/mol. The minimum Gasteiger partial charge on any atom is -0.495 e. The fourth-order valence-corrected chi connectivity index (χ4v) is 4.30. The largest absolute Gasteiger partial charge is 0.495 e. The van der Waals surface area contributed by atoms with Crippen LogP contribution in [0.4, 0.5) is 5.69 Å². The zero-order chi connectivity index (χ0) is 22.5. The number of ether oxygens (including phenoxy) is 1. The number of carbonyl (C=O) groups is 1. The van der Waals surface area contributed by atoms with Crippen LogP contribution < -0.4 is 10.1 Å². The Balaban J connectivity index is 1.65. The summed E-state index contributed by atoms with van der Waals surface area (Å²) in [6.45, 7) is 1.97. The third-order valence-electron chi connectivity index (χ3n) is 4.95. The number of benzene rings is 2. The van der Waals surface area contributed by atoms with Crippen molar-refractivity contribution in [2.45, 2.75) is 17.3 Å². The van der Waals surface area contributed by atoms with Gasteiger partial charge in [-0.2, -0.15) is 0 Å². The number of carbonyl (C=O) groups excluding carboxylic acids is 1. The Morgan fingerprint density at radius 1 is 1.06 bits per heavy atom. The van der Waals surface area contributed by atoms with E-state index in [1.807, 2.05) is 79.2 Å². The highest BCUT2D eigenvalue weighted by molar-refractivity contribution is 8.00. The maximum atomic E-state index is 13.4. The maximum Gasteiger partial charge on any atom is 0.242 e. The topological polar surface area (TPSA) is 81.9 Å². The minimum absolute atomic E-state index is 0.168. The van der Waals surface area contributed by atoms with E-state index in [1.54, 1.807) is 19.5 Å². The highest BCUT2D eigenvalue weighted by atomic mass is 32.2. The molecule has 0 bridgehead atoms. The van der Waals surface area contributed by atoms with E-state index in [0.29, 0.717) is 22.4 Å². The molecule has 32 heavy (non-hydrogen) atoms. The summed E-state index contributed by atoms with van der Waals surface area (Å²) in [6, 6.07) is 19.1. The molecule has 0 radical (unpaired) electrons. The van der Waals surface area contributed by atoms with Gasteiger partial charge in [0.1, 0.15) is 11.0 Å². The van der Waals surface area contributed by atoms with Crippen molar-refractivity contribution in [3.8, 4) is 17.1 Å². The van der Waals surface area contributed by atoms with Crippen molar-refractivity contribution in [2.24, 2.45) is 7.05 Å². The average molecular weight is 446 g/mol. The first-order valence-electron chi connectivity index (χ1n) is 10.0. The molecule has 0 spiro atoms.